The summed E-state index contributed by atoms with van der Waals surface area (Å²) in [7, 11) is 0. The summed E-state index contributed by atoms with van der Waals surface area (Å²) in [4.78, 5) is 4.07. The summed E-state index contributed by atoms with van der Waals surface area (Å²) in [5, 5.41) is 24.0. The molecule has 0 aliphatic rings. The molecule has 96 valence electrons. The monoisotopic (exact) mass is 246 g/mol. The lowest BCUT2D eigenvalue weighted by Gasteiger charge is -2.20. The second kappa shape index (κ2) is 5.44. The Hall–Kier alpha value is -1.49. The molecule has 18 heavy (non-hydrogen) atoms. The smallest absolute Gasteiger partial charge is 0.0972 e. The molecular formula is C14H18N2O2. The summed E-state index contributed by atoms with van der Waals surface area (Å²) in [6.07, 6.45) is 3.61. The van der Waals surface area contributed by atoms with Crippen LogP contribution < -0.4 is 5.32 Å². The van der Waals surface area contributed by atoms with Crippen molar-refractivity contribution in [2.24, 2.45) is 0 Å². The molecule has 4 nitrogen and oxygen atoms in total. The van der Waals surface area contributed by atoms with E-state index in [2.05, 4.69) is 16.4 Å². The van der Waals surface area contributed by atoms with Gasteiger partial charge in [-0.3, -0.25) is 4.98 Å². The van der Waals surface area contributed by atoms with E-state index in [1.54, 1.807) is 13.1 Å². The quantitative estimate of drug-likeness (QED) is 0.738. The highest BCUT2D eigenvalue weighted by Gasteiger charge is 2.17. The predicted octanol–water partition coefficient (Wildman–Crippen LogP) is 1.07. The van der Waals surface area contributed by atoms with Crippen molar-refractivity contribution in [1.29, 1.82) is 0 Å². The minimum Gasteiger partial charge on any atom is -0.393 e. The highest BCUT2D eigenvalue weighted by atomic mass is 16.3. The number of rotatable bonds is 5. The Morgan fingerprint density at radius 2 is 2.11 bits per heavy atom. The van der Waals surface area contributed by atoms with Crippen molar-refractivity contribution in [1.82, 2.24) is 10.3 Å². The van der Waals surface area contributed by atoms with Crippen molar-refractivity contribution in [3.63, 3.8) is 0 Å². The zero-order valence-corrected chi connectivity index (χ0v) is 10.4. The van der Waals surface area contributed by atoms with Gasteiger partial charge in [-0.15, -0.1) is 0 Å². The predicted molar refractivity (Wildman–Crippen MR) is 71.2 cm³/mol. The van der Waals surface area contributed by atoms with Crippen LogP contribution in [-0.2, 0) is 6.54 Å². The number of aromatic nitrogens is 1. The molecule has 3 N–H and O–H groups in total. The summed E-state index contributed by atoms with van der Waals surface area (Å²) in [6.45, 7) is 2.38. The fourth-order valence-electron chi connectivity index (χ4n) is 1.77. The van der Waals surface area contributed by atoms with Gasteiger partial charge in [0.2, 0.25) is 0 Å². The van der Waals surface area contributed by atoms with Crippen LogP contribution in [0.3, 0.4) is 0 Å². The number of benzene rings is 1. The Balaban J connectivity index is 2.00. The zero-order chi connectivity index (χ0) is 13.0. The van der Waals surface area contributed by atoms with E-state index in [0.717, 1.165) is 16.3 Å². The van der Waals surface area contributed by atoms with E-state index < -0.39 is 5.60 Å². The summed E-state index contributed by atoms with van der Waals surface area (Å²) in [5.74, 6) is 0. The molecule has 1 aromatic heterocycles. The molecule has 0 spiro atoms. The SMILES string of the molecule is CC(O)(CO)CNCc1ccc2cnccc2c1. The van der Waals surface area contributed by atoms with Gasteiger partial charge in [-0.2, -0.15) is 0 Å². The molecule has 1 unspecified atom stereocenters. The number of hydrogen-bond donors (Lipinski definition) is 3. The van der Waals surface area contributed by atoms with Gasteiger partial charge in [-0.05, 0) is 30.0 Å². The molecule has 2 aromatic rings. The first-order chi connectivity index (χ1) is 8.61. The lowest BCUT2D eigenvalue weighted by atomic mass is 10.1. The fraction of sp³-hybridized carbons (Fsp3) is 0.357. The first-order valence-corrected chi connectivity index (χ1v) is 5.97. The summed E-state index contributed by atoms with van der Waals surface area (Å²) in [5.41, 5.74) is 0.0725. The number of pyridine rings is 1. The van der Waals surface area contributed by atoms with Crippen LogP contribution in [0.1, 0.15) is 12.5 Å². The first kappa shape index (κ1) is 13.0. The highest BCUT2D eigenvalue weighted by Crippen LogP contribution is 2.14. The molecule has 1 aromatic carbocycles. The lowest BCUT2D eigenvalue weighted by molar-refractivity contribution is 0.00254. The number of nitrogens with zero attached hydrogens (tertiary/aromatic N) is 1. The third-order valence-electron chi connectivity index (χ3n) is 2.88. The van der Waals surface area contributed by atoms with Crippen molar-refractivity contribution in [2.75, 3.05) is 13.2 Å². The van der Waals surface area contributed by atoms with Gasteiger partial charge >= 0.3 is 0 Å². The van der Waals surface area contributed by atoms with Crippen molar-refractivity contribution >= 4 is 10.8 Å². The van der Waals surface area contributed by atoms with Gasteiger partial charge < -0.3 is 15.5 Å². The van der Waals surface area contributed by atoms with E-state index in [1.807, 2.05) is 24.4 Å². The van der Waals surface area contributed by atoms with Crippen LogP contribution in [0.25, 0.3) is 10.8 Å². The number of hydrogen-bond acceptors (Lipinski definition) is 4. The van der Waals surface area contributed by atoms with Crippen LogP contribution in [0.5, 0.6) is 0 Å². The topological polar surface area (TPSA) is 65.4 Å². The number of nitrogens with one attached hydrogen (secondary N) is 1. The summed E-state index contributed by atoms with van der Waals surface area (Å²) < 4.78 is 0. The molecule has 0 saturated carbocycles. The van der Waals surface area contributed by atoms with Gasteiger partial charge in [0.25, 0.3) is 0 Å². The van der Waals surface area contributed by atoms with E-state index >= 15 is 0 Å². The second-order valence-corrected chi connectivity index (χ2v) is 4.82. The molecule has 0 radical (unpaired) electrons. The number of aliphatic hydroxyl groups is 2. The molecule has 0 saturated heterocycles. The van der Waals surface area contributed by atoms with Crippen LogP contribution in [0, 0.1) is 0 Å². The van der Waals surface area contributed by atoms with E-state index in [4.69, 9.17) is 5.11 Å². The van der Waals surface area contributed by atoms with Crippen LogP contribution in [-0.4, -0.2) is 33.9 Å². The Labute approximate surface area is 106 Å². The van der Waals surface area contributed by atoms with Gasteiger partial charge in [0, 0.05) is 30.9 Å². The minimum absolute atomic E-state index is 0.247. The van der Waals surface area contributed by atoms with Crippen molar-refractivity contribution < 1.29 is 10.2 Å². The first-order valence-electron chi connectivity index (χ1n) is 5.97. The normalized spacial score (nSPS) is 14.6. The minimum atomic E-state index is -1.07. The van der Waals surface area contributed by atoms with Gasteiger partial charge in [-0.25, -0.2) is 0 Å². The van der Waals surface area contributed by atoms with E-state index in [1.165, 1.54) is 0 Å². The van der Waals surface area contributed by atoms with Crippen molar-refractivity contribution in [2.45, 2.75) is 19.1 Å². The molecular weight excluding hydrogens is 228 g/mol. The Morgan fingerprint density at radius 1 is 1.28 bits per heavy atom. The van der Waals surface area contributed by atoms with E-state index in [9.17, 15) is 5.11 Å². The Kier molecular flexibility index (Phi) is 3.91. The van der Waals surface area contributed by atoms with E-state index in [-0.39, 0.29) is 6.61 Å². The summed E-state index contributed by atoms with van der Waals surface area (Å²) in [6, 6.07) is 8.13. The maximum Gasteiger partial charge on any atom is 0.0972 e. The fourth-order valence-corrected chi connectivity index (χ4v) is 1.77. The van der Waals surface area contributed by atoms with Crippen LogP contribution in [0.15, 0.2) is 36.7 Å². The van der Waals surface area contributed by atoms with Gasteiger partial charge in [0.15, 0.2) is 0 Å². The third-order valence-corrected chi connectivity index (χ3v) is 2.88. The average molecular weight is 246 g/mol. The van der Waals surface area contributed by atoms with Gasteiger partial charge in [0.05, 0.1) is 12.2 Å². The molecule has 0 fully saturated rings. The van der Waals surface area contributed by atoms with Crippen LogP contribution in [0.2, 0.25) is 0 Å². The van der Waals surface area contributed by atoms with Crippen molar-refractivity contribution in [3.8, 4) is 0 Å². The molecule has 4 heteroatoms. The van der Waals surface area contributed by atoms with Crippen LogP contribution in [0.4, 0.5) is 0 Å². The standard InChI is InChI=1S/C14H18N2O2/c1-14(18,10-17)9-16-7-11-2-3-13-8-15-5-4-12(13)6-11/h2-6,8,16-18H,7,9-10H2,1H3. The molecule has 0 amide bonds. The maximum absolute atomic E-state index is 9.65. The lowest BCUT2D eigenvalue weighted by Crippen LogP contribution is -2.40. The maximum atomic E-state index is 9.65. The molecule has 0 bridgehead atoms. The zero-order valence-electron chi connectivity index (χ0n) is 10.4. The molecule has 0 aliphatic heterocycles. The average Bonchev–Trinajstić information content (AvgIpc) is 2.38. The van der Waals surface area contributed by atoms with Gasteiger partial charge in [-0.1, -0.05) is 12.1 Å². The number of aliphatic hydroxyl groups excluding tert-OH is 1. The Bertz CT molecular complexity index is 526. The molecule has 2 rings (SSSR count). The number of fused-ring (bicyclic) bond motifs is 1. The van der Waals surface area contributed by atoms with Crippen LogP contribution >= 0.6 is 0 Å². The molecule has 0 aliphatic carbocycles. The Morgan fingerprint density at radius 3 is 2.89 bits per heavy atom. The second-order valence-electron chi connectivity index (χ2n) is 4.82. The highest BCUT2D eigenvalue weighted by molar-refractivity contribution is 5.81. The van der Waals surface area contributed by atoms with Gasteiger partial charge in [0.1, 0.15) is 0 Å². The van der Waals surface area contributed by atoms with Crippen molar-refractivity contribution in [3.05, 3.63) is 42.2 Å². The molecule has 1 atom stereocenters. The van der Waals surface area contributed by atoms with E-state index in [0.29, 0.717) is 13.1 Å². The molecule has 1 heterocycles. The largest absolute Gasteiger partial charge is 0.393 e. The third kappa shape index (κ3) is 3.26. The summed E-state index contributed by atoms with van der Waals surface area (Å²) >= 11 is 0.